The molecule has 336 valence electrons. The highest BCUT2D eigenvalue weighted by molar-refractivity contribution is 6.97. The molecule has 0 N–H and O–H groups in total. The Balaban J connectivity index is 2.09. The molecular formula is C28H61F9O10Si10. The van der Waals surface area contributed by atoms with Crippen LogP contribution in [0.15, 0.2) is 0 Å². The molecule has 57 heavy (non-hydrogen) atoms. The van der Waals surface area contributed by atoms with Crippen molar-refractivity contribution in [2.75, 3.05) is 6.30 Å². The Morgan fingerprint density at radius 1 is 0.614 bits per heavy atom. The van der Waals surface area contributed by atoms with E-state index in [1.165, 1.54) is 32.7 Å². The van der Waals surface area contributed by atoms with Crippen LogP contribution in [0.25, 0.3) is 0 Å². The van der Waals surface area contributed by atoms with E-state index >= 15 is 25.8 Å². The molecule has 0 aromatic heterocycles. The van der Waals surface area contributed by atoms with Crippen LogP contribution in [-0.4, -0.2) is 105 Å². The van der Waals surface area contributed by atoms with E-state index in [1.807, 2.05) is 0 Å². The Kier molecular flexibility index (Phi) is 14.8. The third-order valence-electron chi connectivity index (χ3n) is 9.88. The van der Waals surface area contributed by atoms with Gasteiger partial charge in [0.15, 0.2) is 16.6 Å². The molecule has 4 fully saturated rings. The zero-order valence-corrected chi connectivity index (χ0v) is 45.2. The molecule has 10 unspecified atom stereocenters. The van der Waals surface area contributed by atoms with Gasteiger partial charge in [-0.3, -0.25) is 4.11 Å². The van der Waals surface area contributed by atoms with E-state index in [-0.39, 0.29) is 44.9 Å². The molecule has 2 aliphatic heterocycles. The van der Waals surface area contributed by atoms with Crippen LogP contribution >= 0.6 is 0 Å². The summed E-state index contributed by atoms with van der Waals surface area (Å²) in [5.41, 5.74) is -3.13. The summed E-state index contributed by atoms with van der Waals surface area (Å²) in [5, 5.41) is 0. The lowest BCUT2D eigenvalue weighted by Gasteiger charge is -2.56. The van der Waals surface area contributed by atoms with Gasteiger partial charge >= 0.3 is 81.6 Å². The van der Waals surface area contributed by atoms with Gasteiger partial charge in [0.1, 0.15) is 6.30 Å². The van der Waals surface area contributed by atoms with Gasteiger partial charge < -0.3 is 41.2 Å². The molecule has 0 amide bonds. The van der Waals surface area contributed by atoms with Gasteiger partial charge in [-0.1, -0.05) is 12.8 Å². The molecule has 2 bridgehead atoms. The first kappa shape index (κ1) is 50.8. The summed E-state index contributed by atoms with van der Waals surface area (Å²) in [5.74, 6) is -6.96. The van der Waals surface area contributed by atoms with Crippen LogP contribution in [0.1, 0.15) is 51.4 Å². The van der Waals surface area contributed by atoms with Crippen molar-refractivity contribution in [3.8, 4) is 0 Å². The molecule has 10 nitrogen and oxygen atoms in total. The van der Waals surface area contributed by atoms with E-state index in [0.29, 0.717) is 0 Å². The highest BCUT2D eigenvalue weighted by atomic mass is 28.6. The molecule has 2 saturated heterocycles. The number of hydrogen-bond donors (Lipinski definition) is 0. The lowest BCUT2D eigenvalue weighted by Crippen LogP contribution is -2.77. The normalized spacial score (nSPS) is 42.0. The standard InChI is InChI=1S/C28H61F9O10Si10/c1-48(2,3)38-55(40-50(7,8)36)25-18-15-19-26(21-25)57(42-51(9,10)41-53(12,45-55)28(33,34)35)46-54(13,37)43-52(11,22-29)44-56(47-57,39-49(4,5)6)24-17-14-16-23(20-24)27(30,31)32/h23-26H,14-22H2,1-13H3. The maximum atomic E-state index is 17.2. The topological polar surface area (TPSA) is 92.3 Å². The molecule has 4 aliphatic rings. The van der Waals surface area contributed by atoms with Gasteiger partial charge in [0.05, 0.1) is 5.92 Å². The Bertz CT molecular complexity index is 1410. The fourth-order valence-corrected chi connectivity index (χ4v) is 53.6. The number of hydrogen-bond acceptors (Lipinski definition) is 10. The summed E-state index contributed by atoms with van der Waals surface area (Å²) in [6, 6.07) is 0. The molecule has 1 spiro atoms. The SMILES string of the molecule is C[Si](C)(C)O[Si]1(C2CCCC(C(F)(F)F)C2)O[Si](C)(CF)O[Si](C)(F)O[Si]2(O[Si](C)(C)O[Si](C)(C(F)(F)F)O[Si](O[Si](C)(C)C)(O[Si](C)(C)F)C3CCCC2C3)O1. The van der Waals surface area contributed by atoms with Crippen LogP contribution in [0.4, 0.5) is 38.9 Å². The Morgan fingerprint density at radius 3 is 1.67 bits per heavy atom. The molecule has 2 saturated carbocycles. The molecule has 10 atom stereocenters. The van der Waals surface area contributed by atoms with E-state index < -0.39 is 134 Å². The van der Waals surface area contributed by atoms with Crippen molar-refractivity contribution >= 4 is 86.3 Å². The molecule has 0 aromatic rings. The number of alkyl halides is 7. The first-order valence-electron chi connectivity index (χ1n) is 19.4. The summed E-state index contributed by atoms with van der Waals surface area (Å²) >= 11 is 0. The molecule has 0 aromatic carbocycles. The minimum absolute atomic E-state index is 0.0795. The zero-order chi connectivity index (χ0) is 43.7. The Hall–Kier alpha value is 1.14. The van der Waals surface area contributed by atoms with Crippen molar-refractivity contribution in [1.29, 1.82) is 0 Å². The van der Waals surface area contributed by atoms with Crippen LogP contribution < -0.4 is 0 Å². The summed E-state index contributed by atoms with van der Waals surface area (Å²) < 4.78 is 203. The number of fused-ring (bicyclic) bond motifs is 3. The van der Waals surface area contributed by atoms with Crippen LogP contribution in [0.3, 0.4) is 0 Å². The monoisotopic (exact) mass is 1010 g/mol. The van der Waals surface area contributed by atoms with Gasteiger partial charge in [-0.05, 0) is 117 Å². The van der Waals surface area contributed by atoms with Gasteiger partial charge in [-0.15, -0.1) is 0 Å². The minimum Gasteiger partial charge on any atom is -0.417 e. The maximum Gasteiger partial charge on any atom is 0.521 e. The lowest BCUT2D eigenvalue weighted by atomic mass is 9.88. The summed E-state index contributed by atoms with van der Waals surface area (Å²) in [7, 11) is -44.3. The van der Waals surface area contributed by atoms with Crippen molar-refractivity contribution in [3.63, 3.8) is 0 Å². The molecule has 29 heteroatoms. The number of halogens is 9. The van der Waals surface area contributed by atoms with Gasteiger partial charge in [-0.25, -0.2) is 8.50 Å². The summed E-state index contributed by atoms with van der Waals surface area (Å²) in [6.45, 7) is 18.3. The smallest absolute Gasteiger partial charge is 0.417 e. The third kappa shape index (κ3) is 12.7. The second-order valence-electron chi connectivity index (χ2n) is 19.0. The number of rotatable bonds is 8. The lowest BCUT2D eigenvalue weighted by molar-refractivity contribution is -0.182. The summed E-state index contributed by atoms with van der Waals surface area (Å²) in [6.07, 6.45) is -6.01. The first-order chi connectivity index (χ1) is 25.3. The highest BCUT2D eigenvalue weighted by Crippen LogP contribution is 2.57. The molecule has 2 aliphatic carbocycles. The van der Waals surface area contributed by atoms with Crippen LogP contribution in [0, 0.1) is 5.92 Å². The fourth-order valence-electron chi connectivity index (χ4n) is 8.25. The third-order valence-corrected chi connectivity index (χ3v) is 46.5. The average molecular weight is 1010 g/mol. The molecule has 0 radical (unpaired) electrons. The minimum atomic E-state index is -5.59. The average Bonchev–Trinajstić information content (AvgIpc) is 2.95. The Labute approximate surface area is 342 Å². The quantitative estimate of drug-likeness (QED) is 0.133. The maximum absolute atomic E-state index is 17.2. The first-order valence-corrected chi connectivity index (χ1v) is 44.2. The predicted molar refractivity (Wildman–Crippen MR) is 217 cm³/mol. The van der Waals surface area contributed by atoms with Crippen molar-refractivity contribution in [1.82, 2.24) is 0 Å². The van der Waals surface area contributed by atoms with Crippen LogP contribution in [-0.2, 0) is 41.2 Å². The van der Waals surface area contributed by atoms with E-state index in [4.69, 9.17) is 41.2 Å². The predicted octanol–water partition coefficient (Wildman–Crippen LogP) is 10.8. The van der Waals surface area contributed by atoms with Gasteiger partial charge in [0.2, 0.25) is 0 Å². The fraction of sp³-hybridized carbons (Fsp3) is 1.00. The van der Waals surface area contributed by atoms with Gasteiger partial charge in [0.25, 0.3) is 0 Å². The van der Waals surface area contributed by atoms with Crippen molar-refractivity contribution in [3.05, 3.63) is 0 Å². The van der Waals surface area contributed by atoms with E-state index in [0.717, 1.165) is 13.1 Å². The molecule has 2 heterocycles. The van der Waals surface area contributed by atoms with E-state index in [9.17, 15) is 13.2 Å². The largest absolute Gasteiger partial charge is 0.521 e. The summed E-state index contributed by atoms with van der Waals surface area (Å²) in [4.78, 5) is 0. The van der Waals surface area contributed by atoms with Crippen LogP contribution in [0.5, 0.6) is 0 Å². The van der Waals surface area contributed by atoms with Crippen molar-refractivity contribution in [2.45, 2.75) is 165 Å². The van der Waals surface area contributed by atoms with Gasteiger partial charge in [0, 0.05) is 23.2 Å². The molecular weight excluding hydrogens is 948 g/mol. The second kappa shape index (κ2) is 16.6. The van der Waals surface area contributed by atoms with Crippen LogP contribution in [0.2, 0.25) is 102 Å². The Morgan fingerprint density at radius 2 is 1.16 bits per heavy atom. The second-order valence-corrected chi connectivity index (χ2v) is 53.9. The molecule has 4 rings (SSSR count). The van der Waals surface area contributed by atoms with Crippen molar-refractivity contribution < 1.29 is 80.1 Å². The highest BCUT2D eigenvalue weighted by Gasteiger charge is 2.75. The van der Waals surface area contributed by atoms with E-state index in [2.05, 4.69) is 0 Å². The van der Waals surface area contributed by atoms with Gasteiger partial charge in [-0.2, -0.15) is 26.3 Å². The zero-order valence-electron chi connectivity index (χ0n) is 35.2. The van der Waals surface area contributed by atoms with E-state index in [1.54, 1.807) is 39.3 Å². The van der Waals surface area contributed by atoms with Crippen molar-refractivity contribution in [2.24, 2.45) is 5.92 Å².